The van der Waals surface area contributed by atoms with Gasteiger partial charge in [0.05, 0.1) is 24.0 Å². The number of hydrogen-bond acceptors (Lipinski definition) is 7. The monoisotopic (exact) mass is 593 g/mol. The number of imidazole rings is 1. The van der Waals surface area contributed by atoms with E-state index in [2.05, 4.69) is 22.4 Å². The van der Waals surface area contributed by atoms with Crippen LogP contribution in [0, 0.1) is 13.8 Å². The lowest BCUT2D eigenvalue weighted by Gasteiger charge is -2.24. The normalized spacial score (nSPS) is 15.3. The number of aliphatic hydroxyl groups is 2. The smallest absolute Gasteiger partial charge is 0.254 e. The molecule has 3 N–H and O–H groups in total. The van der Waals surface area contributed by atoms with Gasteiger partial charge in [0.25, 0.3) is 5.91 Å². The van der Waals surface area contributed by atoms with Crippen molar-refractivity contribution in [2.45, 2.75) is 58.7 Å². The molecule has 10 heteroatoms. The van der Waals surface area contributed by atoms with Crippen LogP contribution in [-0.2, 0) is 19.2 Å². The molecule has 1 saturated heterocycles. The molecular weight excluding hydrogens is 554 g/mol. The van der Waals surface area contributed by atoms with E-state index in [4.69, 9.17) is 10.1 Å². The molecule has 10 nitrogen and oxygen atoms in total. The predicted octanol–water partition coefficient (Wildman–Crippen LogP) is 4.85. The van der Waals surface area contributed by atoms with Gasteiger partial charge in [0, 0.05) is 55.3 Å². The van der Waals surface area contributed by atoms with Crippen LogP contribution in [0.4, 0.5) is 5.82 Å². The van der Waals surface area contributed by atoms with Gasteiger partial charge in [-0.15, -0.1) is 0 Å². The van der Waals surface area contributed by atoms with E-state index in [-0.39, 0.29) is 18.6 Å². The Bertz CT molecular complexity index is 1850. The molecule has 2 aromatic carbocycles. The number of carbonyl (C=O) groups is 1. The lowest BCUT2D eigenvalue weighted by Crippen LogP contribution is -2.37. The number of benzene rings is 2. The average Bonchev–Trinajstić information content (AvgIpc) is 3.73. The predicted molar refractivity (Wildman–Crippen MR) is 170 cm³/mol. The molecule has 3 aromatic heterocycles. The quantitative estimate of drug-likeness (QED) is 0.235. The van der Waals surface area contributed by atoms with Gasteiger partial charge in [0.2, 0.25) is 0 Å². The van der Waals surface area contributed by atoms with Crippen molar-refractivity contribution in [1.29, 1.82) is 0 Å². The molecule has 228 valence electrons. The van der Waals surface area contributed by atoms with Gasteiger partial charge in [-0.05, 0) is 69.4 Å². The number of amides is 1. The minimum atomic E-state index is -1.20. The molecular formula is C34H39N7O3. The van der Waals surface area contributed by atoms with Gasteiger partial charge in [-0.25, -0.2) is 9.97 Å². The van der Waals surface area contributed by atoms with Gasteiger partial charge in [0.1, 0.15) is 17.2 Å². The number of likely N-dealkylation sites (tertiary alicyclic amines) is 1. The number of rotatable bonds is 8. The van der Waals surface area contributed by atoms with E-state index in [9.17, 15) is 15.0 Å². The van der Waals surface area contributed by atoms with Crippen molar-refractivity contribution >= 4 is 17.4 Å². The van der Waals surface area contributed by atoms with E-state index >= 15 is 0 Å². The zero-order chi connectivity index (χ0) is 31.2. The third-order valence-corrected chi connectivity index (χ3v) is 8.48. The fourth-order valence-corrected chi connectivity index (χ4v) is 6.01. The van der Waals surface area contributed by atoms with Gasteiger partial charge in [-0.3, -0.25) is 4.79 Å². The minimum Gasteiger partial charge on any atom is -0.394 e. The number of carbonyl (C=O) groups excluding carboxylic acids is 1. The van der Waals surface area contributed by atoms with Crippen LogP contribution in [0.2, 0.25) is 0 Å². The van der Waals surface area contributed by atoms with E-state index < -0.39 is 5.60 Å². The summed E-state index contributed by atoms with van der Waals surface area (Å²) in [4.78, 5) is 24.8. The number of aromatic nitrogens is 5. The van der Waals surface area contributed by atoms with E-state index in [1.54, 1.807) is 29.5 Å². The summed E-state index contributed by atoms with van der Waals surface area (Å²) in [6.07, 6.45) is 5.40. The van der Waals surface area contributed by atoms with Crippen LogP contribution in [0.1, 0.15) is 59.6 Å². The van der Waals surface area contributed by atoms with Gasteiger partial charge in [0.15, 0.2) is 5.65 Å². The van der Waals surface area contributed by atoms with E-state index in [0.717, 1.165) is 52.2 Å². The number of fused-ring (bicyclic) bond motifs is 1. The lowest BCUT2D eigenvalue weighted by atomic mass is 9.98. The molecule has 4 heterocycles. The van der Waals surface area contributed by atoms with Gasteiger partial charge >= 0.3 is 0 Å². The molecule has 1 aliphatic heterocycles. The molecule has 1 fully saturated rings. The zero-order valence-corrected chi connectivity index (χ0v) is 25.9. The summed E-state index contributed by atoms with van der Waals surface area (Å²) in [5.41, 5.74) is 5.82. The number of nitrogens with one attached hydrogen (secondary N) is 1. The Balaban J connectivity index is 1.39. The first kappa shape index (κ1) is 29.5. The Labute approximate surface area is 257 Å². The first-order valence-corrected chi connectivity index (χ1v) is 15.0. The fraction of sp³-hybridized carbons (Fsp3) is 0.353. The summed E-state index contributed by atoms with van der Waals surface area (Å²) in [5.74, 6) is 1.51. The third kappa shape index (κ3) is 5.46. The number of hydrogen-bond donors (Lipinski definition) is 3. The summed E-state index contributed by atoms with van der Waals surface area (Å²) in [6.45, 7) is 8.40. The Morgan fingerprint density at radius 3 is 2.66 bits per heavy atom. The summed E-state index contributed by atoms with van der Waals surface area (Å²) >= 11 is 0. The highest BCUT2D eigenvalue weighted by atomic mass is 16.3. The first-order valence-electron chi connectivity index (χ1n) is 15.0. The first-order chi connectivity index (χ1) is 21.0. The second-order valence-corrected chi connectivity index (χ2v) is 12.2. The van der Waals surface area contributed by atoms with Crippen molar-refractivity contribution < 1.29 is 15.0 Å². The maximum Gasteiger partial charge on any atom is 0.254 e. The maximum atomic E-state index is 13.6. The van der Waals surface area contributed by atoms with Crippen LogP contribution < -0.4 is 5.32 Å². The molecule has 44 heavy (non-hydrogen) atoms. The number of anilines is 1. The molecule has 0 unspecified atom stereocenters. The third-order valence-electron chi connectivity index (χ3n) is 8.48. The molecule has 0 radical (unpaired) electrons. The van der Waals surface area contributed by atoms with Crippen LogP contribution in [0.5, 0.6) is 0 Å². The molecule has 0 aliphatic carbocycles. The molecule has 1 aliphatic rings. The molecule has 1 atom stereocenters. The Hall–Kier alpha value is -4.54. The summed E-state index contributed by atoms with van der Waals surface area (Å²) in [7, 11) is 1.97. The summed E-state index contributed by atoms with van der Waals surface area (Å²) in [6, 6.07) is 15.7. The van der Waals surface area contributed by atoms with Crippen molar-refractivity contribution in [1.82, 2.24) is 29.0 Å². The van der Waals surface area contributed by atoms with Gasteiger partial charge < -0.3 is 25.0 Å². The van der Waals surface area contributed by atoms with Gasteiger partial charge in [-0.2, -0.15) is 9.61 Å². The minimum absolute atomic E-state index is 0.0373. The second kappa shape index (κ2) is 11.5. The van der Waals surface area contributed by atoms with Crippen molar-refractivity contribution in [3.8, 4) is 22.5 Å². The van der Waals surface area contributed by atoms with Crippen LogP contribution in [0.15, 0.2) is 60.9 Å². The highest BCUT2D eigenvalue weighted by Crippen LogP contribution is 2.33. The van der Waals surface area contributed by atoms with E-state index in [1.165, 1.54) is 0 Å². The standard InChI is InChI=1S/C34H39N7O3/c1-21-11-12-24(17-27(21)33(43)40-14-7-10-26(40)20-42)30-22(2)38-41-29(18-28(34(3,4)44)37-32(30)41)36-19-23-8-6-9-25(16-23)31-35-13-15-39(31)5/h6,8-9,11-13,15-18,26,36,42,44H,7,10,14,19-20H2,1-5H3/t26-/m1/s1. The average molecular weight is 594 g/mol. The topological polar surface area (TPSA) is 121 Å². The van der Waals surface area contributed by atoms with Crippen molar-refractivity contribution in [2.75, 3.05) is 18.5 Å². The molecule has 0 spiro atoms. The Kier molecular flexibility index (Phi) is 7.73. The van der Waals surface area contributed by atoms with Crippen LogP contribution in [0.25, 0.3) is 28.2 Å². The van der Waals surface area contributed by atoms with E-state index in [0.29, 0.717) is 35.8 Å². The maximum absolute atomic E-state index is 13.6. The Morgan fingerprint density at radius 2 is 1.93 bits per heavy atom. The molecule has 1 amide bonds. The SMILES string of the molecule is Cc1ccc(-c2c(C)nn3c(NCc4cccc(-c5nccn5C)c4)cc(C(C)(C)O)nc23)cc1C(=O)N1CCC[C@@H]1CO. The fourth-order valence-electron chi connectivity index (χ4n) is 6.01. The lowest BCUT2D eigenvalue weighted by molar-refractivity contribution is 0.0676. The summed E-state index contributed by atoms with van der Waals surface area (Å²) in [5, 5.41) is 29.2. The summed E-state index contributed by atoms with van der Waals surface area (Å²) < 4.78 is 3.76. The van der Waals surface area contributed by atoms with E-state index in [1.807, 2.05) is 68.1 Å². The van der Waals surface area contributed by atoms with Crippen LogP contribution in [0.3, 0.4) is 0 Å². The molecule has 0 bridgehead atoms. The van der Waals surface area contributed by atoms with Crippen LogP contribution in [-0.4, -0.2) is 64.4 Å². The highest BCUT2D eigenvalue weighted by Gasteiger charge is 2.30. The Morgan fingerprint density at radius 1 is 1.11 bits per heavy atom. The van der Waals surface area contributed by atoms with Crippen molar-refractivity contribution in [2.24, 2.45) is 7.05 Å². The van der Waals surface area contributed by atoms with Crippen LogP contribution >= 0.6 is 0 Å². The highest BCUT2D eigenvalue weighted by molar-refractivity contribution is 5.98. The largest absolute Gasteiger partial charge is 0.394 e. The zero-order valence-electron chi connectivity index (χ0n) is 25.9. The molecule has 5 aromatic rings. The number of nitrogens with zero attached hydrogens (tertiary/aromatic N) is 6. The molecule has 6 rings (SSSR count). The van der Waals surface area contributed by atoms with Crippen molar-refractivity contribution in [3.63, 3.8) is 0 Å². The second-order valence-electron chi connectivity index (χ2n) is 12.2. The van der Waals surface area contributed by atoms with Gasteiger partial charge in [-0.1, -0.05) is 30.3 Å². The molecule has 0 saturated carbocycles. The number of aliphatic hydroxyl groups excluding tert-OH is 1. The number of aryl methyl sites for hydroxylation is 3. The van der Waals surface area contributed by atoms with Crippen molar-refractivity contribution in [3.05, 3.63) is 89.0 Å².